The van der Waals surface area contributed by atoms with Gasteiger partial charge in [0.05, 0.1) is 6.61 Å². The molecule has 0 aliphatic carbocycles. The van der Waals surface area contributed by atoms with Gasteiger partial charge in [-0.3, -0.25) is 0 Å². The Bertz CT molecular complexity index is 278. The summed E-state index contributed by atoms with van der Waals surface area (Å²) in [6.07, 6.45) is 7.92. The van der Waals surface area contributed by atoms with Crippen LogP contribution in [0, 0.1) is 0 Å². The molecule has 0 unspecified atom stereocenters. The zero-order chi connectivity index (χ0) is 10.9. The van der Waals surface area contributed by atoms with E-state index in [-0.39, 0.29) is 0 Å². The van der Waals surface area contributed by atoms with Gasteiger partial charge >= 0.3 is 0 Å². The number of hydrogen-bond donors (Lipinski definition) is 0. The summed E-state index contributed by atoms with van der Waals surface area (Å²) in [7, 11) is 0. The maximum Gasteiger partial charge on any atom is 0.132 e. The highest BCUT2D eigenvalue weighted by atomic mass is 35.5. The van der Waals surface area contributed by atoms with Crippen LogP contribution in [0.5, 0.6) is 5.75 Å². The highest BCUT2D eigenvalue weighted by Crippen LogP contribution is 2.14. The first-order valence-corrected chi connectivity index (χ1v) is 5.95. The number of aromatic nitrogens is 1. The van der Waals surface area contributed by atoms with Gasteiger partial charge < -0.3 is 4.74 Å². The maximum absolute atomic E-state index is 5.74. The van der Waals surface area contributed by atoms with E-state index in [1.54, 1.807) is 12.3 Å². The number of hydrogen-bond acceptors (Lipinski definition) is 2. The van der Waals surface area contributed by atoms with Crippen molar-refractivity contribution in [2.24, 2.45) is 0 Å². The van der Waals surface area contributed by atoms with Crippen molar-refractivity contribution < 1.29 is 4.74 Å². The Hall–Kier alpha value is -0.760. The van der Waals surface area contributed by atoms with Gasteiger partial charge in [-0.1, -0.05) is 44.2 Å². The van der Waals surface area contributed by atoms with E-state index in [1.807, 2.05) is 6.07 Å². The third-order valence-electron chi connectivity index (χ3n) is 2.21. The molecule has 1 rings (SSSR count). The fourth-order valence-electron chi connectivity index (χ4n) is 1.37. The van der Waals surface area contributed by atoms with Gasteiger partial charge in [-0.25, -0.2) is 4.98 Å². The molecule has 2 nitrogen and oxygen atoms in total. The Kier molecular flexibility index (Phi) is 6.17. The third kappa shape index (κ3) is 5.63. The number of halogens is 1. The molecule has 1 aromatic heterocycles. The second kappa shape index (κ2) is 7.52. The molecule has 0 amide bonds. The number of pyridine rings is 1. The van der Waals surface area contributed by atoms with Gasteiger partial charge in [0.15, 0.2) is 0 Å². The van der Waals surface area contributed by atoms with Crippen LogP contribution in [0.3, 0.4) is 0 Å². The quantitative estimate of drug-likeness (QED) is 0.517. The van der Waals surface area contributed by atoms with Gasteiger partial charge in [-0.15, -0.1) is 0 Å². The lowest BCUT2D eigenvalue weighted by Crippen LogP contribution is -1.97. The summed E-state index contributed by atoms with van der Waals surface area (Å²) < 4.78 is 5.54. The molecule has 0 atom stereocenters. The van der Waals surface area contributed by atoms with E-state index >= 15 is 0 Å². The number of rotatable bonds is 7. The average Bonchev–Trinajstić information content (AvgIpc) is 2.23. The molecule has 84 valence electrons. The highest BCUT2D eigenvalue weighted by Gasteiger charge is 1.95. The minimum atomic E-state index is 0.485. The molecular formula is C12H18ClNO. The molecule has 0 N–H and O–H groups in total. The van der Waals surface area contributed by atoms with Gasteiger partial charge in [0.2, 0.25) is 0 Å². The molecule has 0 radical (unpaired) electrons. The highest BCUT2D eigenvalue weighted by molar-refractivity contribution is 6.29. The van der Waals surface area contributed by atoms with E-state index in [0.29, 0.717) is 5.15 Å². The summed E-state index contributed by atoms with van der Waals surface area (Å²) in [5.74, 6) is 0.811. The lowest BCUT2D eigenvalue weighted by atomic mass is 10.2. The molecule has 1 aromatic rings. The Morgan fingerprint density at radius 1 is 1.27 bits per heavy atom. The van der Waals surface area contributed by atoms with Crippen molar-refractivity contribution in [2.75, 3.05) is 6.61 Å². The van der Waals surface area contributed by atoms with Crippen molar-refractivity contribution in [1.82, 2.24) is 4.98 Å². The fraction of sp³-hybridized carbons (Fsp3) is 0.583. The first-order chi connectivity index (χ1) is 7.33. The number of nitrogens with zero attached hydrogens (tertiary/aromatic N) is 1. The smallest absolute Gasteiger partial charge is 0.132 e. The Balaban J connectivity index is 2.10. The largest absolute Gasteiger partial charge is 0.493 e. The summed E-state index contributed by atoms with van der Waals surface area (Å²) in [5.41, 5.74) is 0. The van der Waals surface area contributed by atoms with Gasteiger partial charge in [0.1, 0.15) is 10.9 Å². The topological polar surface area (TPSA) is 22.1 Å². The van der Waals surface area contributed by atoms with E-state index < -0.39 is 0 Å². The molecule has 0 aliphatic rings. The van der Waals surface area contributed by atoms with Crippen LogP contribution in [0.1, 0.15) is 39.0 Å². The summed E-state index contributed by atoms with van der Waals surface area (Å²) in [6, 6.07) is 3.57. The lowest BCUT2D eigenvalue weighted by Gasteiger charge is -2.05. The van der Waals surface area contributed by atoms with Gasteiger partial charge in [0.25, 0.3) is 0 Å². The van der Waals surface area contributed by atoms with Crippen molar-refractivity contribution in [3.8, 4) is 5.75 Å². The third-order valence-corrected chi connectivity index (χ3v) is 2.42. The van der Waals surface area contributed by atoms with Gasteiger partial charge in [-0.2, -0.15) is 0 Å². The Morgan fingerprint density at radius 3 is 2.80 bits per heavy atom. The standard InChI is InChI=1S/C12H18ClNO/c1-2-3-4-5-6-9-15-11-7-8-14-12(13)10-11/h7-8,10H,2-6,9H2,1H3. The van der Waals surface area contributed by atoms with Crippen molar-refractivity contribution in [3.63, 3.8) is 0 Å². The van der Waals surface area contributed by atoms with Crippen molar-refractivity contribution in [3.05, 3.63) is 23.5 Å². The number of ether oxygens (including phenoxy) is 1. The summed E-state index contributed by atoms with van der Waals surface area (Å²) >= 11 is 5.74. The van der Waals surface area contributed by atoms with E-state index in [2.05, 4.69) is 11.9 Å². The molecule has 0 fully saturated rings. The SMILES string of the molecule is CCCCCCCOc1ccnc(Cl)c1. The Morgan fingerprint density at radius 2 is 2.07 bits per heavy atom. The van der Waals surface area contributed by atoms with Gasteiger partial charge in [-0.05, 0) is 12.5 Å². The first-order valence-electron chi connectivity index (χ1n) is 5.57. The predicted octanol–water partition coefficient (Wildman–Crippen LogP) is 4.08. The zero-order valence-electron chi connectivity index (χ0n) is 9.21. The molecule has 0 spiro atoms. The van der Waals surface area contributed by atoms with Crippen LogP contribution in [-0.2, 0) is 0 Å². The summed E-state index contributed by atoms with van der Waals surface area (Å²) in [6.45, 7) is 2.99. The summed E-state index contributed by atoms with van der Waals surface area (Å²) in [5, 5.41) is 0.485. The second-order valence-electron chi connectivity index (χ2n) is 3.58. The van der Waals surface area contributed by atoms with Crippen molar-refractivity contribution in [1.29, 1.82) is 0 Å². The molecule has 0 aromatic carbocycles. The second-order valence-corrected chi connectivity index (χ2v) is 3.96. The molecule has 15 heavy (non-hydrogen) atoms. The molecule has 0 saturated heterocycles. The molecule has 3 heteroatoms. The van der Waals surface area contributed by atoms with E-state index in [9.17, 15) is 0 Å². The van der Waals surface area contributed by atoms with Crippen molar-refractivity contribution in [2.45, 2.75) is 39.0 Å². The van der Waals surface area contributed by atoms with Crippen LogP contribution < -0.4 is 4.74 Å². The monoisotopic (exact) mass is 227 g/mol. The molecule has 0 aliphatic heterocycles. The predicted molar refractivity (Wildman–Crippen MR) is 63.5 cm³/mol. The normalized spacial score (nSPS) is 10.3. The van der Waals surface area contributed by atoms with Crippen LogP contribution >= 0.6 is 11.6 Å². The lowest BCUT2D eigenvalue weighted by molar-refractivity contribution is 0.304. The Labute approximate surface area is 96.6 Å². The minimum absolute atomic E-state index is 0.485. The minimum Gasteiger partial charge on any atom is -0.493 e. The maximum atomic E-state index is 5.74. The van der Waals surface area contributed by atoms with Crippen LogP contribution in [0.15, 0.2) is 18.3 Å². The average molecular weight is 228 g/mol. The van der Waals surface area contributed by atoms with E-state index in [4.69, 9.17) is 16.3 Å². The van der Waals surface area contributed by atoms with Crippen LogP contribution in [0.25, 0.3) is 0 Å². The van der Waals surface area contributed by atoms with Crippen LogP contribution in [0.2, 0.25) is 5.15 Å². The molecule has 0 saturated carbocycles. The first kappa shape index (κ1) is 12.3. The van der Waals surface area contributed by atoms with E-state index in [0.717, 1.165) is 18.8 Å². The van der Waals surface area contributed by atoms with Crippen LogP contribution in [-0.4, -0.2) is 11.6 Å². The van der Waals surface area contributed by atoms with Gasteiger partial charge in [0, 0.05) is 12.3 Å². The van der Waals surface area contributed by atoms with E-state index in [1.165, 1.54) is 25.7 Å². The fourth-order valence-corrected chi connectivity index (χ4v) is 1.53. The van der Waals surface area contributed by atoms with Crippen LogP contribution in [0.4, 0.5) is 0 Å². The molecule has 1 heterocycles. The molecular weight excluding hydrogens is 210 g/mol. The number of unbranched alkanes of at least 4 members (excludes halogenated alkanes) is 4. The summed E-state index contributed by atoms with van der Waals surface area (Å²) in [4.78, 5) is 3.89. The molecule has 0 bridgehead atoms. The van der Waals surface area contributed by atoms with Crippen molar-refractivity contribution >= 4 is 11.6 Å². The zero-order valence-corrected chi connectivity index (χ0v) is 9.96.